The zero-order chi connectivity index (χ0) is 47.2. The second-order valence-corrected chi connectivity index (χ2v) is 28.3. The molecule has 4 rings (SSSR count). The third-order valence-electron chi connectivity index (χ3n) is 9.78. The Morgan fingerprint density at radius 1 is 0.250 bits per heavy atom. The molecular weight excluding hydrogens is 1240 g/mol. The molecule has 0 saturated heterocycles. The SMILES string of the molecule is Cc1cc(C(C)(C)C)cc(C)c1I(F)F.Cc1cc(C(C)(C)C)cc(C)c1I(F)F.Cc1cc(C(C)(C)C)cc(C)c1I(F)F.Cc1cc(C(C)(C)C)cc(C)c1I(F)F. The van der Waals surface area contributed by atoms with Crippen molar-refractivity contribution in [2.45, 2.75) is 160 Å². The van der Waals surface area contributed by atoms with Crippen LogP contribution in [-0.4, -0.2) is 0 Å². The third kappa shape index (κ3) is 17.0. The van der Waals surface area contributed by atoms with Crippen LogP contribution in [0.4, 0.5) is 22.9 Å². The first-order valence-electron chi connectivity index (χ1n) is 19.5. The van der Waals surface area contributed by atoms with Crippen molar-refractivity contribution in [2.75, 3.05) is 0 Å². The Morgan fingerprint density at radius 2 is 0.350 bits per heavy atom. The van der Waals surface area contributed by atoms with Gasteiger partial charge >= 0.3 is 396 Å². The number of halogens is 12. The second-order valence-electron chi connectivity index (χ2n) is 19.5. The summed E-state index contributed by atoms with van der Waals surface area (Å²) in [5.41, 5.74) is 10.7. The number of benzene rings is 4. The number of aryl methyl sites for hydroxylation is 8. The van der Waals surface area contributed by atoms with E-state index in [2.05, 4.69) is 83.1 Å². The van der Waals surface area contributed by atoms with E-state index in [9.17, 15) is 22.9 Å². The summed E-state index contributed by atoms with van der Waals surface area (Å²) in [5, 5.41) is 0. The molecule has 0 fully saturated rings. The molecule has 0 aliphatic carbocycles. The van der Waals surface area contributed by atoms with Crippen molar-refractivity contribution in [3.63, 3.8) is 0 Å². The minimum absolute atomic E-state index is 0.0275. The van der Waals surface area contributed by atoms with Gasteiger partial charge in [-0.1, -0.05) is 0 Å². The Hall–Kier alpha value is -0.760. The Labute approximate surface area is 392 Å². The van der Waals surface area contributed by atoms with Crippen molar-refractivity contribution in [1.29, 1.82) is 0 Å². The number of hydrogen-bond donors (Lipinski definition) is 0. The zero-order valence-electron chi connectivity index (χ0n) is 39.2. The van der Waals surface area contributed by atoms with Gasteiger partial charge in [0.25, 0.3) is 0 Å². The molecule has 0 spiro atoms. The molecule has 0 heterocycles. The fourth-order valence-corrected chi connectivity index (χ4v) is 12.8. The third-order valence-corrected chi connectivity index (χ3v) is 19.8. The van der Waals surface area contributed by atoms with Crippen molar-refractivity contribution in [3.8, 4) is 0 Å². The summed E-state index contributed by atoms with van der Waals surface area (Å²) < 4.78 is 104. The molecule has 0 aliphatic heterocycles. The van der Waals surface area contributed by atoms with E-state index >= 15 is 0 Å². The molecule has 0 N–H and O–H groups in total. The van der Waals surface area contributed by atoms with Crippen LogP contribution in [0, 0.1) is 69.7 Å². The van der Waals surface area contributed by atoms with E-state index in [-0.39, 0.29) is 21.7 Å². The molecule has 0 unspecified atom stereocenters. The van der Waals surface area contributed by atoms with Crippen LogP contribution >= 0.6 is 83.9 Å². The number of hydrogen-bond acceptors (Lipinski definition) is 0. The maximum atomic E-state index is 12.9. The van der Waals surface area contributed by atoms with Crippen molar-refractivity contribution in [1.82, 2.24) is 0 Å². The first-order chi connectivity index (χ1) is 26.9. The molecule has 0 atom stereocenters. The maximum absolute atomic E-state index is 12.9. The van der Waals surface area contributed by atoms with E-state index in [0.29, 0.717) is 14.3 Å². The molecule has 0 aromatic heterocycles. The van der Waals surface area contributed by atoms with Gasteiger partial charge in [0.2, 0.25) is 0 Å². The second kappa shape index (κ2) is 22.9. The monoisotopic (exact) mass is 1300 g/mol. The molecule has 0 nitrogen and oxygen atoms in total. The van der Waals surface area contributed by atoms with Gasteiger partial charge in [-0.05, 0) is 0 Å². The van der Waals surface area contributed by atoms with Crippen molar-refractivity contribution in [3.05, 3.63) is 130 Å². The summed E-state index contributed by atoms with van der Waals surface area (Å²) in [7, 11) is 0. The van der Waals surface area contributed by atoms with Crippen molar-refractivity contribution in [2.24, 2.45) is 0 Å². The van der Waals surface area contributed by atoms with E-state index in [1.165, 1.54) is 0 Å². The summed E-state index contributed by atoms with van der Waals surface area (Å²) in [6.45, 7) is 39.5. The predicted octanol–water partition coefficient (Wildman–Crippen LogP) is 20.2. The summed E-state index contributed by atoms with van der Waals surface area (Å²) in [6.07, 6.45) is 0. The molecule has 4 aromatic rings. The molecule has 0 aliphatic rings. The van der Waals surface area contributed by atoms with Crippen LogP contribution in [0.2, 0.25) is 0 Å². The van der Waals surface area contributed by atoms with Crippen LogP contribution in [-0.2, 0) is 21.7 Å². The minimum atomic E-state index is -3.85. The molecule has 4 aromatic carbocycles. The summed E-state index contributed by atoms with van der Waals surface area (Å²) in [5.74, 6) is 0. The topological polar surface area (TPSA) is 0 Å². The van der Waals surface area contributed by atoms with Gasteiger partial charge in [0, 0.05) is 0 Å². The van der Waals surface area contributed by atoms with Crippen molar-refractivity contribution >= 4 is 83.9 Å². The quantitative estimate of drug-likeness (QED) is 0.141. The van der Waals surface area contributed by atoms with Gasteiger partial charge in [0.1, 0.15) is 0 Å². The first-order valence-corrected chi connectivity index (χ1v) is 30.4. The average molecular weight is 1300 g/mol. The van der Waals surface area contributed by atoms with Crippen molar-refractivity contribution < 1.29 is 22.9 Å². The summed E-state index contributed by atoms with van der Waals surface area (Å²) >= 11 is -15.4. The Bertz CT molecular complexity index is 1660. The van der Waals surface area contributed by atoms with Crippen LogP contribution < -0.4 is 0 Å². The van der Waals surface area contributed by atoms with Gasteiger partial charge < -0.3 is 0 Å². The van der Waals surface area contributed by atoms with Gasteiger partial charge in [-0.15, -0.1) is 0 Å². The summed E-state index contributed by atoms with van der Waals surface area (Å²) in [6, 6.07) is 15.3. The van der Waals surface area contributed by atoms with E-state index in [0.717, 1.165) is 66.8 Å². The van der Waals surface area contributed by atoms with Gasteiger partial charge in [-0.25, -0.2) is 0 Å². The average Bonchev–Trinajstić information content (AvgIpc) is 3.02. The van der Waals surface area contributed by atoms with Crippen LogP contribution in [0.1, 0.15) is 150 Å². The van der Waals surface area contributed by atoms with Gasteiger partial charge in [-0.2, -0.15) is 0 Å². The molecule has 344 valence electrons. The van der Waals surface area contributed by atoms with Gasteiger partial charge in [0.15, 0.2) is 0 Å². The Morgan fingerprint density at radius 3 is 0.417 bits per heavy atom. The molecule has 0 radical (unpaired) electrons. The molecule has 60 heavy (non-hydrogen) atoms. The van der Waals surface area contributed by atoms with E-state index in [1.807, 2.05) is 48.5 Å². The normalized spacial score (nSPS) is 12.9. The van der Waals surface area contributed by atoms with Crippen LogP contribution in [0.3, 0.4) is 0 Å². The standard InChI is InChI=1S/4C12H17F2I/c4*1-8-6-10(12(3,4)5)7-9(2)11(8)15(13)14/h4*6-7H,1-5H3. The molecule has 12 heteroatoms. The van der Waals surface area contributed by atoms with Gasteiger partial charge in [-0.3, -0.25) is 0 Å². The van der Waals surface area contributed by atoms with Crippen LogP contribution in [0.15, 0.2) is 48.5 Å². The first kappa shape index (κ1) is 57.3. The van der Waals surface area contributed by atoms with E-state index in [4.69, 9.17) is 0 Å². The Balaban J connectivity index is 0.000000400. The van der Waals surface area contributed by atoms with E-state index < -0.39 is 83.9 Å². The molecule has 0 saturated carbocycles. The zero-order valence-corrected chi connectivity index (χ0v) is 47.8. The number of rotatable bonds is 4. The van der Waals surface area contributed by atoms with Gasteiger partial charge in [0.05, 0.1) is 0 Å². The fraction of sp³-hybridized carbons (Fsp3) is 0.500. The van der Waals surface area contributed by atoms with Crippen LogP contribution in [0.5, 0.6) is 0 Å². The van der Waals surface area contributed by atoms with E-state index in [1.54, 1.807) is 55.4 Å². The molecule has 0 amide bonds. The van der Waals surface area contributed by atoms with Crippen LogP contribution in [0.25, 0.3) is 0 Å². The predicted molar refractivity (Wildman–Crippen MR) is 278 cm³/mol. The molecule has 0 bridgehead atoms. The Kier molecular flexibility index (Phi) is 21.9. The fourth-order valence-electron chi connectivity index (χ4n) is 6.42. The summed E-state index contributed by atoms with van der Waals surface area (Å²) in [4.78, 5) is 0. The molecular formula is C48H68F8I4.